The second-order valence-corrected chi connectivity index (χ2v) is 5.68. The average Bonchev–Trinajstić information content (AvgIpc) is 2.11. The third-order valence-corrected chi connectivity index (χ3v) is 4.48. The Bertz CT molecular complexity index is 382. The third-order valence-electron chi connectivity index (χ3n) is 4.48. The molecule has 2 fully saturated rings. The number of nitrogens with two attached hydrogens (primary N) is 1. The molecule has 0 radical (unpaired) electrons. The van der Waals surface area contributed by atoms with Crippen molar-refractivity contribution in [2.24, 2.45) is 11.1 Å². The maximum absolute atomic E-state index is 6.51. The van der Waals surface area contributed by atoms with Crippen LogP contribution in [0.2, 0.25) is 0 Å². The van der Waals surface area contributed by atoms with E-state index in [2.05, 4.69) is 31.2 Å². The van der Waals surface area contributed by atoms with Crippen LogP contribution >= 0.6 is 0 Å². The van der Waals surface area contributed by atoms with Gasteiger partial charge in [-0.25, -0.2) is 0 Å². The lowest BCUT2D eigenvalue weighted by Gasteiger charge is -2.60. The minimum absolute atomic E-state index is 0.00817. The van der Waals surface area contributed by atoms with Crippen molar-refractivity contribution in [1.82, 2.24) is 0 Å². The van der Waals surface area contributed by atoms with Gasteiger partial charge >= 0.3 is 0 Å². The molecule has 2 aliphatic rings. The normalized spacial score (nSPS) is 25.7. The van der Waals surface area contributed by atoms with Crippen molar-refractivity contribution in [2.75, 3.05) is 0 Å². The Morgan fingerprint density at radius 3 is 2.33 bits per heavy atom. The summed E-state index contributed by atoms with van der Waals surface area (Å²) in [7, 11) is 0. The molecule has 2 aliphatic carbocycles. The zero-order chi connectivity index (χ0) is 10.5. The van der Waals surface area contributed by atoms with Crippen molar-refractivity contribution in [3.8, 4) is 0 Å². The van der Waals surface area contributed by atoms with Crippen LogP contribution in [0.25, 0.3) is 0 Å². The number of benzene rings is 1. The molecule has 1 nitrogen and oxygen atoms in total. The Hall–Kier alpha value is -0.820. The highest BCUT2D eigenvalue weighted by Gasteiger charge is 2.55. The van der Waals surface area contributed by atoms with E-state index in [9.17, 15) is 0 Å². The second-order valence-electron chi connectivity index (χ2n) is 5.68. The van der Waals surface area contributed by atoms with E-state index in [0.717, 1.165) is 0 Å². The summed E-state index contributed by atoms with van der Waals surface area (Å²) in [4.78, 5) is 0. The minimum Gasteiger partial charge on any atom is -0.321 e. The Morgan fingerprint density at radius 1 is 1.13 bits per heavy atom. The fourth-order valence-corrected chi connectivity index (χ4v) is 3.64. The zero-order valence-electron chi connectivity index (χ0n) is 9.42. The number of hydrogen-bond acceptors (Lipinski definition) is 1. The van der Waals surface area contributed by atoms with Crippen molar-refractivity contribution in [3.05, 3.63) is 35.4 Å². The first-order chi connectivity index (χ1) is 7.14. The fourth-order valence-electron chi connectivity index (χ4n) is 3.64. The highest BCUT2D eigenvalue weighted by Crippen LogP contribution is 2.62. The summed E-state index contributed by atoms with van der Waals surface area (Å²) in [6.07, 6.45) is 6.68. The molecular weight excluding hydrogens is 182 g/mol. The largest absolute Gasteiger partial charge is 0.321 e. The third kappa shape index (κ3) is 1.26. The predicted molar refractivity (Wildman–Crippen MR) is 62.6 cm³/mol. The van der Waals surface area contributed by atoms with Crippen molar-refractivity contribution in [1.29, 1.82) is 0 Å². The number of rotatable bonds is 1. The molecular formula is C14H19N. The molecule has 0 saturated heterocycles. The topological polar surface area (TPSA) is 26.0 Å². The van der Waals surface area contributed by atoms with Gasteiger partial charge in [-0.3, -0.25) is 0 Å². The molecule has 0 bridgehead atoms. The summed E-state index contributed by atoms with van der Waals surface area (Å²) < 4.78 is 0. The zero-order valence-corrected chi connectivity index (χ0v) is 9.42. The molecule has 1 aromatic carbocycles. The SMILES string of the molecule is Cc1ccccc1C1(N)CC2(CCC2)C1. The van der Waals surface area contributed by atoms with Crippen LogP contribution in [0.15, 0.2) is 24.3 Å². The van der Waals surface area contributed by atoms with Gasteiger partial charge < -0.3 is 5.73 Å². The Balaban J connectivity index is 1.86. The fraction of sp³-hybridized carbons (Fsp3) is 0.571. The first-order valence-corrected chi connectivity index (χ1v) is 5.99. The van der Waals surface area contributed by atoms with Gasteiger partial charge in [-0.15, -0.1) is 0 Å². The van der Waals surface area contributed by atoms with E-state index in [1.165, 1.54) is 43.2 Å². The molecule has 80 valence electrons. The molecule has 1 heteroatoms. The van der Waals surface area contributed by atoms with Crippen LogP contribution < -0.4 is 5.73 Å². The van der Waals surface area contributed by atoms with Crippen LogP contribution in [0.4, 0.5) is 0 Å². The molecule has 3 rings (SSSR count). The van der Waals surface area contributed by atoms with E-state index in [1.54, 1.807) is 0 Å². The summed E-state index contributed by atoms with van der Waals surface area (Å²) in [5, 5.41) is 0. The second kappa shape index (κ2) is 2.85. The summed E-state index contributed by atoms with van der Waals surface area (Å²) >= 11 is 0. The van der Waals surface area contributed by atoms with Gasteiger partial charge in [0.05, 0.1) is 0 Å². The van der Waals surface area contributed by atoms with Crippen LogP contribution in [0, 0.1) is 12.3 Å². The molecule has 0 amide bonds. The van der Waals surface area contributed by atoms with Gasteiger partial charge in [-0.2, -0.15) is 0 Å². The monoisotopic (exact) mass is 201 g/mol. The van der Waals surface area contributed by atoms with Gasteiger partial charge in [0.2, 0.25) is 0 Å². The van der Waals surface area contributed by atoms with Gasteiger partial charge in [-0.1, -0.05) is 30.7 Å². The molecule has 2 saturated carbocycles. The van der Waals surface area contributed by atoms with E-state index >= 15 is 0 Å². The average molecular weight is 201 g/mol. The highest BCUT2D eigenvalue weighted by atomic mass is 14.8. The molecule has 1 aromatic rings. The van der Waals surface area contributed by atoms with Crippen LogP contribution in [0.1, 0.15) is 43.2 Å². The van der Waals surface area contributed by atoms with Gasteiger partial charge in [0.25, 0.3) is 0 Å². The molecule has 2 N–H and O–H groups in total. The van der Waals surface area contributed by atoms with Crippen LogP contribution in [0.5, 0.6) is 0 Å². The molecule has 0 unspecified atom stereocenters. The van der Waals surface area contributed by atoms with E-state index in [4.69, 9.17) is 5.73 Å². The van der Waals surface area contributed by atoms with E-state index in [0.29, 0.717) is 5.41 Å². The van der Waals surface area contributed by atoms with Crippen molar-refractivity contribution >= 4 is 0 Å². The molecule has 1 spiro atoms. The minimum atomic E-state index is -0.00817. The Morgan fingerprint density at radius 2 is 1.80 bits per heavy atom. The lowest BCUT2D eigenvalue weighted by Crippen LogP contribution is -2.58. The van der Waals surface area contributed by atoms with Crippen LogP contribution in [-0.4, -0.2) is 0 Å². The molecule has 0 heterocycles. The highest BCUT2D eigenvalue weighted by molar-refractivity contribution is 5.36. The standard InChI is InChI=1S/C14H19N/c1-11-5-2-3-6-12(11)14(15)9-13(10-14)7-4-8-13/h2-3,5-6H,4,7-10,15H2,1H3. The summed E-state index contributed by atoms with van der Waals surface area (Å²) in [6.45, 7) is 2.18. The van der Waals surface area contributed by atoms with Crippen molar-refractivity contribution < 1.29 is 0 Å². The van der Waals surface area contributed by atoms with Gasteiger partial charge in [0, 0.05) is 5.54 Å². The van der Waals surface area contributed by atoms with E-state index in [-0.39, 0.29) is 5.54 Å². The number of aryl methyl sites for hydroxylation is 1. The van der Waals surface area contributed by atoms with E-state index < -0.39 is 0 Å². The summed E-state index contributed by atoms with van der Waals surface area (Å²) in [5.41, 5.74) is 9.88. The maximum atomic E-state index is 6.51. The maximum Gasteiger partial charge on any atom is 0.0422 e. The van der Waals surface area contributed by atoms with Crippen LogP contribution in [-0.2, 0) is 5.54 Å². The smallest absolute Gasteiger partial charge is 0.0422 e. The summed E-state index contributed by atoms with van der Waals surface area (Å²) in [6, 6.07) is 8.60. The quantitative estimate of drug-likeness (QED) is 0.742. The Kier molecular flexibility index (Phi) is 1.79. The molecule has 0 aromatic heterocycles. The van der Waals surface area contributed by atoms with E-state index in [1.807, 2.05) is 0 Å². The van der Waals surface area contributed by atoms with Crippen molar-refractivity contribution in [3.63, 3.8) is 0 Å². The van der Waals surface area contributed by atoms with Gasteiger partial charge in [0.1, 0.15) is 0 Å². The molecule has 15 heavy (non-hydrogen) atoms. The van der Waals surface area contributed by atoms with Gasteiger partial charge in [-0.05, 0) is 49.1 Å². The molecule has 0 aliphatic heterocycles. The predicted octanol–water partition coefficient (Wildman–Crippen LogP) is 3.11. The molecule has 0 atom stereocenters. The number of hydrogen-bond donors (Lipinski definition) is 1. The summed E-state index contributed by atoms with van der Waals surface area (Å²) in [5.74, 6) is 0. The van der Waals surface area contributed by atoms with Gasteiger partial charge in [0.15, 0.2) is 0 Å². The van der Waals surface area contributed by atoms with Crippen LogP contribution in [0.3, 0.4) is 0 Å². The lowest BCUT2D eigenvalue weighted by atomic mass is 9.47. The Labute approximate surface area is 91.7 Å². The van der Waals surface area contributed by atoms with Crippen molar-refractivity contribution in [2.45, 2.75) is 44.6 Å². The lowest BCUT2D eigenvalue weighted by molar-refractivity contribution is -0.0464. The first-order valence-electron chi connectivity index (χ1n) is 5.99. The first kappa shape index (κ1) is 9.41.